The molecule has 22 heavy (non-hydrogen) atoms. The molecule has 1 saturated carbocycles. The Morgan fingerprint density at radius 3 is 2.86 bits per heavy atom. The van der Waals surface area contributed by atoms with E-state index in [-0.39, 0.29) is 0 Å². The molecule has 2 aromatic rings. The molecule has 1 aromatic heterocycles. The second-order valence-corrected chi connectivity index (χ2v) is 6.24. The SMILES string of the molecule is Cc1cccc(-n2ncc(NCCCN)c2C2CCCC2)c1. The van der Waals surface area contributed by atoms with Crippen molar-refractivity contribution in [2.24, 2.45) is 5.73 Å². The van der Waals surface area contributed by atoms with Crippen LogP contribution in [-0.4, -0.2) is 22.9 Å². The number of hydrogen-bond donors (Lipinski definition) is 2. The third-order valence-electron chi connectivity index (χ3n) is 4.49. The molecule has 0 saturated heterocycles. The Kier molecular flexibility index (Phi) is 4.78. The van der Waals surface area contributed by atoms with Crippen molar-refractivity contribution in [3.63, 3.8) is 0 Å². The van der Waals surface area contributed by atoms with E-state index in [1.807, 2.05) is 6.20 Å². The van der Waals surface area contributed by atoms with Crippen LogP contribution in [0.3, 0.4) is 0 Å². The maximum absolute atomic E-state index is 5.60. The van der Waals surface area contributed by atoms with Crippen LogP contribution in [0.2, 0.25) is 0 Å². The zero-order valence-corrected chi connectivity index (χ0v) is 13.4. The van der Waals surface area contributed by atoms with Crippen molar-refractivity contribution in [3.8, 4) is 5.69 Å². The Labute approximate surface area is 132 Å². The standard InChI is InChI=1S/C18H26N4/c1-14-6-4-9-16(12-14)22-18(15-7-2-3-8-15)17(13-21-22)20-11-5-10-19/h4,6,9,12-13,15,20H,2-3,5,7-8,10-11,19H2,1H3. The minimum atomic E-state index is 0.614. The van der Waals surface area contributed by atoms with E-state index < -0.39 is 0 Å². The lowest BCUT2D eigenvalue weighted by molar-refractivity contribution is 0.655. The largest absolute Gasteiger partial charge is 0.382 e. The third kappa shape index (κ3) is 3.17. The number of nitrogens with one attached hydrogen (secondary N) is 1. The molecular weight excluding hydrogens is 272 g/mol. The van der Waals surface area contributed by atoms with Crippen molar-refractivity contribution in [1.82, 2.24) is 9.78 Å². The van der Waals surface area contributed by atoms with Crippen LogP contribution in [0.1, 0.15) is 49.3 Å². The second-order valence-electron chi connectivity index (χ2n) is 6.24. The molecule has 0 unspecified atom stereocenters. The number of aryl methyl sites for hydroxylation is 1. The van der Waals surface area contributed by atoms with Gasteiger partial charge in [-0.05, 0) is 50.4 Å². The Balaban J connectivity index is 1.94. The smallest absolute Gasteiger partial charge is 0.0766 e. The lowest BCUT2D eigenvalue weighted by atomic mass is 10.0. The van der Waals surface area contributed by atoms with Crippen molar-refractivity contribution < 1.29 is 0 Å². The van der Waals surface area contributed by atoms with Crippen LogP contribution in [-0.2, 0) is 0 Å². The van der Waals surface area contributed by atoms with E-state index in [1.165, 1.54) is 42.6 Å². The van der Waals surface area contributed by atoms with Crippen LogP contribution in [0.4, 0.5) is 5.69 Å². The number of nitrogens with zero attached hydrogens (tertiary/aromatic N) is 2. The van der Waals surface area contributed by atoms with E-state index in [0.29, 0.717) is 5.92 Å². The molecule has 0 radical (unpaired) electrons. The average molecular weight is 298 g/mol. The molecule has 4 nitrogen and oxygen atoms in total. The Morgan fingerprint density at radius 2 is 2.14 bits per heavy atom. The monoisotopic (exact) mass is 298 g/mol. The molecule has 1 heterocycles. The predicted octanol–water partition coefficient (Wildman–Crippen LogP) is 3.60. The summed E-state index contributed by atoms with van der Waals surface area (Å²) >= 11 is 0. The fourth-order valence-electron chi connectivity index (χ4n) is 3.38. The average Bonchev–Trinajstić information content (AvgIpc) is 3.16. The van der Waals surface area contributed by atoms with E-state index in [9.17, 15) is 0 Å². The van der Waals surface area contributed by atoms with E-state index in [1.54, 1.807) is 0 Å². The van der Waals surface area contributed by atoms with Gasteiger partial charge in [0.25, 0.3) is 0 Å². The van der Waals surface area contributed by atoms with Gasteiger partial charge in [0.2, 0.25) is 0 Å². The number of benzene rings is 1. The predicted molar refractivity (Wildman–Crippen MR) is 91.7 cm³/mol. The normalized spacial score (nSPS) is 15.4. The summed E-state index contributed by atoms with van der Waals surface area (Å²) in [6, 6.07) is 8.58. The van der Waals surface area contributed by atoms with E-state index >= 15 is 0 Å². The van der Waals surface area contributed by atoms with Gasteiger partial charge in [0.15, 0.2) is 0 Å². The van der Waals surface area contributed by atoms with Crippen molar-refractivity contribution >= 4 is 5.69 Å². The van der Waals surface area contributed by atoms with Gasteiger partial charge in [-0.25, -0.2) is 4.68 Å². The fourth-order valence-corrected chi connectivity index (χ4v) is 3.38. The van der Waals surface area contributed by atoms with Crippen molar-refractivity contribution in [2.75, 3.05) is 18.4 Å². The zero-order valence-electron chi connectivity index (χ0n) is 13.4. The maximum Gasteiger partial charge on any atom is 0.0766 e. The first kappa shape index (κ1) is 15.1. The summed E-state index contributed by atoms with van der Waals surface area (Å²) in [7, 11) is 0. The minimum absolute atomic E-state index is 0.614. The van der Waals surface area contributed by atoms with Gasteiger partial charge in [0.1, 0.15) is 0 Å². The molecule has 3 N–H and O–H groups in total. The highest BCUT2D eigenvalue weighted by Crippen LogP contribution is 2.38. The molecule has 4 heteroatoms. The maximum atomic E-state index is 5.60. The first-order valence-electron chi connectivity index (χ1n) is 8.38. The van der Waals surface area contributed by atoms with Crippen LogP contribution in [0, 0.1) is 6.92 Å². The van der Waals surface area contributed by atoms with Crippen LogP contribution < -0.4 is 11.1 Å². The molecule has 0 spiro atoms. The van der Waals surface area contributed by atoms with Crippen molar-refractivity contribution in [1.29, 1.82) is 0 Å². The number of aromatic nitrogens is 2. The lowest BCUT2D eigenvalue weighted by Gasteiger charge is -2.16. The topological polar surface area (TPSA) is 55.9 Å². The molecule has 1 aliphatic rings. The summed E-state index contributed by atoms with van der Waals surface area (Å²) in [6.45, 7) is 3.76. The van der Waals surface area contributed by atoms with E-state index in [0.717, 1.165) is 25.2 Å². The summed E-state index contributed by atoms with van der Waals surface area (Å²) < 4.78 is 2.13. The summed E-state index contributed by atoms with van der Waals surface area (Å²) in [4.78, 5) is 0. The quantitative estimate of drug-likeness (QED) is 0.801. The van der Waals surface area contributed by atoms with Crippen molar-refractivity contribution in [3.05, 3.63) is 41.7 Å². The molecular formula is C18H26N4. The summed E-state index contributed by atoms with van der Waals surface area (Å²) in [6.07, 6.45) is 8.15. The zero-order chi connectivity index (χ0) is 15.4. The number of hydrogen-bond acceptors (Lipinski definition) is 3. The molecule has 0 amide bonds. The lowest BCUT2D eigenvalue weighted by Crippen LogP contribution is -2.12. The highest BCUT2D eigenvalue weighted by atomic mass is 15.3. The summed E-state index contributed by atoms with van der Waals surface area (Å²) in [5, 5.41) is 8.21. The van der Waals surface area contributed by atoms with Gasteiger partial charge < -0.3 is 11.1 Å². The molecule has 0 aliphatic heterocycles. The number of rotatable bonds is 6. The Morgan fingerprint density at radius 1 is 1.32 bits per heavy atom. The first-order valence-corrected chi connectivity index (χ1v) is 8.38. The highest BCUT2D eigenvalue weighted by Gasteiger charge is 2.25. The van der Waals surface area contributed by atoms with Gasteiger partial charge in [0, 0.05) is 12.5 Å². The van der Waals surface area contributed by atoms with Gasteiger partial charge in [-0.1, -0.05) is 25.0 Å². The number of anilines is 1. The van der Waals surface area contributed by atoms with Crippen molar-refractivity contribution in [2.45, 2.75) is 44.9 Å². The highest BCUT2D eigenvalue weighted by molar-refractivity contribution is 5.52. The third-order valence-corrected chi connectivity index (χ3v) is 4.49. The van der Waals surface area contributed by atoms with Crippen LogP contribution in [0.25, 0.3) is 5.69 Å². The molecule has 0 bridgehead atoms. The van der Waals surface area contributed by atoms with Crippen LogP contribution >= 0.6 is 0 Å². The first-order chi connectivity index (χ1) is 10.8. The van der Waals surface area contributed by atoms with Gasteiger partial charge in [0.05, 0.1) is 23.3 Å². The Bertz CT molecular complexity index is 611. The second kappa shape index (κ2) is 6.97. The van der Waals surface area contributed by atoms with Gasteiger partial charge >= 0.3 is 0 Å². The molecule has 1 fully saturated rings. The number of nitrogens with two attached hydrogens (primary N) is 1. The van der Waals surface area contributed by atoms with Crippen LogP contribution in [0.5, 0.6) is 0 Å². The molecule has 1 aliphatic carbocycles. The van der Waals surface area contributed by atoms with E-state index in [2.05, 4.69) is 46.3 Å². The van der Waals surface area contributed by atoms with Crippen LogP contribution in [0.15, 0.2) is 30.5 Å². The molecule has 1 aromatic carbocycles. The summed E-state index contributed by atoms with van der Waals surface area (Å²) in [5.74, 6) is 0.614. The summed E-state index contributed by atoms with van der Waals surface area (Å²) in [5.41, 5.74) is 10.6. The van der Waals surface area contributed by atoms with Gasteiger partial charge in [-0.15, -0.1) is 0 Å². The molecule has 118 valence electrons. The molecule has 3 rings (SSSR count). The van der Waals surface area contributed by atoms with E-state index in [4.69, 9.17) is 5.73 Å². The van der Waals surface area contributed by atoms with Gasteiger partial charge in [-0.3, -0.25) is 0 Å². The molecule has 0 atom stereocenters. The fraction of sp³-hybridized carbons (Fsp3) is 0.500. The Hall–Kier alpha value is -1.81. The minimum Gasteiger partial charge on any atom is -0.382 e. The van der Waals surface area contributed by atoms with Gasteiger partial charge in [-0.2, -0.15) is 5.10 Å².